The molecule has 0 fully saturated rings. The van der Waals surface area contributed by atoms with Crippen LogP contribution in [0.4, 0.5) is 13.2 Å². The standard InChI is InChI=1S/C13H12ClF3OS/c14-11(5-6-18-8-13(15,16)17)10-7-19-12-4-2-1-3-9(10)12/h1-4,7,11H,5-6,8H2. The first kappa shape index (κ1) is 14.6. The third-order valence-electron chi connectivity index (χ3n) is 2.63. The van der Waals surface area contributed by atoms with Crippen LogP contribution in [-0.4, -0.2) is 19.4 Å². The predicted octanol–water partition coefficient (Wildman–Crippen LogP) is 5.15. The number of thiophene rings is 1. The summed E-state index contributed by atoms with van der Waals surface area (Å²) in [7, 11) is 0. The van der Waals surface area contributed by atoms with E-state index in [2.05, 4.69) is 4.74 Å². The normalized spacial score (nSPS) is 13.9. The summed E-state index contributed by atoms with van der Waals surface area (Å²) < 4.78 is 41.4. The lowest BCUT2D eigenvalue weighted by atomic mass is 10.1. The number of hydrogen-bond donors (Lipinski definition) is 0. The molecule has 1 aromatic heterocycles. The molecule has 0 radical (unpaired) electrons. The summed E-state index contributed by atoms with van der Waals surface area (Å²) in [4.78, 5) is 0. The van der Waals surface area contributed by atoms with E-state index in [1.165, 1.54) is 0 Å². The second kappa shape index (κ2) is 6.11. The van der Waals surface area contributed by atoms with Crippen molar-refractivity contribution in [1.82, 2.24) is 0 Å². The van der Waals surface area contributed by atoms with Crippen molar-refractivity contribution in [1.29, 1.82) is 0 Å². The third-order valence-corrected chi connectivity index (χ3v) is 4.06. The van der Waals surface area contributed by atoms with Crippen molar-refractivity contribution in [2.45, 2.75) is 18.0 Å². The van der Waals surface area contributed by atoms with Crippen molar-refractivity contribution in [3.63, 3.8) is 0 Å². The van der Waals surface area contributed by atoms with Crippen LogP contribution in [0.5, 0.6) is 0 Å². The molecule has 0 saturated carbocycles. The van der Waals surface area contributed by atoms with Crippen LogP contribution in [0, 0.1) is 0 Å². The van der Waals surface area contributed by atoms with E-state index in [-0.39, 0.29) is 12.0 Å². The van der Waals surface area contributed by atoms with Gasteiger partial charge >= 0.3 is 6.18 Å². The van der Waals surface area contributed by atoms with Crippen molar-refractivity contribution in [2.24, 2.45) is 0 Å². The van der Waals surface area contributed by atoms with Gasteiger partial charge in [-0.15, -0.1) is 22.9 Å². The molecule has 104 valence electrons. The molecule has 0 aliphatic heterocycles. The van der Waals surface area contributed by atoms with Gasteiger partial charge in [-0.1, -0.05) is 18.2 Å². The molecule has 1 nitrogen and oxygen atoms in total. The van der Waals surface area contributed by atoms with E-state index in [4.69, 9.17) is 11.6 Å². The molecule has 6 heteroatoms. The number of hydrogen-bond acceptors (Lipinski definition) is 2. The highest BCUT2D eigenvalue weighted by Gasteiger charge is 2.27. The van der Waals surface area contributed by atoms with Crippen molar-refractivity contribution in [3.05, 3.63) is 35.2 Å². The van der Waals surface area contributed by atoms with E-state index in [0.717, 1.165) is 15.6 Å². The van der Waals surface area contributed by atoms with Crippen LogP contribution in [0.1, 0.15) is 17.4 Å². The highest BCUT2D eigenvalue weighted by molar-refractivity contribution is 7.17. The Bertz CT molecular complexity index is 538. The fraction of sp³-hybridized carbons (Fsp3) is 0.385. The lowest BCUT2D eigenvalue weighted by Crippen LogP contribution is -2.17. The molecule has 1 heterocycles. The van der Waals surface area contributed by atoms with Crippen molar-refractivity contribution < 1.29 is 17.9 Å². The Labute approximate surface area is 117 Å². The summed E-state index contributed by atoms with van der Waals surface area (Å²) in [6.07, 6.45) is -3.92. The molecule has 1 aromatic carbocycles. The Balaban J connectivity index is 1.91. The summed E-state index contributed by atoms with van der Waals surface area (Å²) in [5, 5.41) is 2.68. The van der Waals surface area contributed by atoms with E-state index in [1.807, 2.05) is 29.6 Å². The van der Waals surface area contributed by atoms with E-state index >= 15 is 0 Å². The summed E-state index contributed by atoms with van der Waals surface area (Å²) in [6, 6.07) is 7.82. The van der Waals surface area contributed by atoms with Gasteiger partial charge in [-0.25, -0.2) is 0 Å². The molecule has 0 saturated heterocycles. The van der Waals surface area contributed by atoms with E-state index in [0.29, 0.717) is 6.42 Å². The Morgan fingerprint density at radius 1 is 1.26 bits per heavy atom. The number of alkyl halides is 4. The minimum atomic E-state index is -4.28. The first-order valence-corrected chi connectivity index (χ1v) is 7.03. The average molecular weight is 309 g/mol. The fourth-order valence-electron chi connectivity index (χ4n) is 1.77. The minimum absolute atomic E-state index is 0.00213. The topological polar surface area (TPSA) is 9.23 Å². The molecule has 2 aromatic rings. The Hall–Kier alpha value is -0.780. The van der Waals surface area contributed by atoms with Crippen molar-refractivity contribution in [2.75, 3.05) is 13.2 Å². The fourth-order valence-corrected chi connectivity index (χ4v) is 3.13. The van der Waals surface area contributed by atoms with E-state index < -0.39 is 12.8 Å². The van der Waals surface area contributed by atoms with Crippen molar-refractivity contribution in [3.8, 4) is 0 Å². The molecule has 0 aliphatic carbocycles. The number of ether oxygens (including phenoxy) is 1. The zero-order chi connectivity index (χ0) is 13.9. The van der Waals surface area contributed by atoms with Crippen LogP contribution in [0.15, 0.2) is 29.6 Å². The molecule has 19 heavy (non-hydrogen) atoms. The highest BCUT2D eigenvalue weighted by atomic mass is 35.5. The van der Waals surface area contributed by atoms with Crippen LogP contribution in [0.25, 0.3) is 10.1 Å². The van der Waals surface area contributed by atoms with Crippen LogP contribution < -0.4 is 0 Å². The van der Waals surface area contributed by atoms with Gasteiger partial charge < -0.3 is 4.74 Å². The Morgan fingerprint density at radius 2 is 2.00 bits per heavy atom. The van der Waals surface area contributed by atoms with Crippen LogP contribution >= 0.6 is 22.9 Å². The number of fused-ring (bicyclic) bond motifs is 1. The molecule has 0 bridgehead atoms. The minimum Gasteiger partial charge on any atom is -0.372 e. The van der Waals surface area contributed by atoms with Gasteiger partial charge in [0.15, 0.2) is 0 Å². The molecule has 1 atom stereocenters. The van der Waals surface area contributed by atoms with Crippen LogP contribution in [0.2, 0.25) is 0 Å². The molecule has 0 spiro atoms. The number of rotatable bonds is 5. The van der Waals surface area contributed by atoms with Crippen LogP contribution in [-0.2, 0) is 4.74 Å². The number of benzene rings is 1. The smallest absolute Gasteiger partial charge is 0.372 e. The SMILES string of the molecule is FC(F)(F)COCCC(Cl)c1csc2ccccc12. The highest BCUT2D eigenvalue weighted by Crippen LogP contribution is 2.35. The molecular weight excluding hydrogens is 297 g/mol. The Morgan fingerprint density at radius 3 is 2.74 bits per heavy atom. The number of halogens is 4. The summed E-state index contributed by atoms with van der Waals surface area (Å²) in [6.45, 7) is -1.22. The maximum atomic E-state index is 11.9. The second-order valence-electron chi connectivity index (χ2n) is 4.11. The predicted molar refractivity (Wildman–Crippen MR) is 71.9 cm³/mol. The molecule has 0 amide bonds. The second-order valence-corrected chi connectivity index (χ2v) is 5.55. The van der Waals surface area contributed by atoms with E-state index in [1.54, 1.807) is 11.3 Å². The first-order valence-electron chi connectivity index (χ1n) is 5.72. The van der Waals surface area contributed by atoms with Gasteiger partial charge in [-0.3, -0.25) is 0 Å². The summed E-state index contributed by atoms with van der Waals surface area (Å²) >= 11 is 7.80. The first-order chi connectivity index (χ1) is 8.97. The molecule has 2 rings (SSSR count). The van der Waals surface area contributed by atoms with Crippen molar-refractivity contribution >= 4 is 33.0 Å². The quantitative estimate of drug-likeness (QED) is 0.548. The molecule has 1 unspecified atom stereocenters. The molecule has 0 aliphatic rings. The maximum Gasteiger partial charge on any atom is 0.411 e. The van der Waals surface area contributed by atoms with Gasteiger partial charge in [0.05, 0.1) is 5.38 Å². The maximum absolute atomic E-state index is 11.9. The lowest BCUT2D eigenvalue weighted by Gasteiger charge is -2.10. The summed E-state index contributed by atoms with van der Waals surface area (Å²) in [5.74, 6) is 0. The molecule has 0 N–H and O–H groups in total. The zero-order valence-corrected chi connectivity index (χ0v) is 11.5. The lowest BCUT2D eigenvalue weighted by molar-refractivity contribution is -0.174. The van der Waals surface area contributed by atoms with Gasteiger partial charge in [-0.05, 0) is 28.8 Å². The van der Waals surface area contributed by atoms with Gasteiger partial charge in [0.2, 0.25) is 0 Å². The average Bonchev–Trinajstić information content (AvgIpc) is 2.77. The van der Waals surface area contributed by atoms with Crippen LogP contribution in [0.3, 0.4) is 0 Å². The van der Waals surface area contributed by atoms with Gasteiger partial charge in [0, 0.05) is 11.3 Å². The van der Waals surface area contributed by atoms with E-state index in [9.17, 15) is 13.2 Å². The monoisotopic (exact) mass is 308 g/mol. The van der Waals surface area contributed by atoms with Gasteiger partial charge in [-0.2, -0.15) is 13.2 Å². The Kier molecular flexibility index (Phi) is 4.71. The molecular formula is C13H12ClF3OS. The van der Waals surface area contributed by atoms with Gasteiger partial charge in [0.1, 0.15) is 6.61 Å². The third kappa shape index (κ3) is 4.09. The summed E-state index contributed by atoms with van der Waals surface area (Å²) in [5.41, 5.74) is 0.956. The zero-order valence-electron chi connectivity index (χ0n) is 9.91. The van der Waals surface area contributed by atoms with Gasteiger partial charge in [0.25, 0.3) is 0 Å². The largest absolute Gasteiger partial charge is 0.411 e.